The fourth-order valence-electron chi connectivity index (χ4n) is 3.63. The van der Waals surface area contributed by atoms with Gasteiger partial charge in [0.25, 0.3) is 0 Å². The number of aliphatic imine (C=N–C) groups is 1. The Morgan fingerprint density at radius 1 is 0.966 bits per heavy atom. The number of benzene rings is 3. The highest BCUT2D eigenvalue weighted by Crippen LogP contribution is 2.36. The summed E-state index contributed by atoms with van der Waals surface area (Å²) in [6.45, 7) is 2.16. The molecule has 3 aromatic carbocycles. The van der Waals surface area contributed by atoms with E-state index in [0.717, 1.165) is 37.8 Å². The molecule has 0 fully saturated rings. The van der Waals surface area contributed by atoms with E-state index in [-0.39, 0.29) is 12.2 Å². The molecule has 1 aliphatic rings. The van der Waals surface area contributed by atoms with Crippen LogP contribution in [0.1, 0.15) is 47.8 Å². The number of hydrogen-bond acceptors (Lipinski definition) is 3. The highest BCUT2D eigenvalue weighted by Gasteiger charge is 2.27. The summed E-state index contributed by atoms with van der Waals surface area (Å²) in [6.07, 6.45) is 1.55. The van der Waals surface area contributed by atoms with Gasteiger partial charge in [-0.05, 0) is 53.4 Å². The van der Waals surface area contributed by atoms with E-state index in [4.69, 9.17) is 4.99 Å². The lowest BCUT2D eigenvalue weighted by Crippen LogP contribution is -2.33. The fraction of sp³-hybridized carbons (Fsp3) is 0.208. The minimum atomic E-state index is -0.180. The van der Waals surface area contributed by atoms with Crippen molar-refractivity contribution in [3.8, 4) is 5.75 Å². The molecule has 148 valence electrons. The molecule has 0 aromatic heterocycles. The van der Waals surface area contributed by atoms with E-state index >= 15 is 0 Å². The zero-order valence-corrected chi connectivity index (χ0v) is 19.2. The van der Waals surface area contributed by atoms with Crippen molar-refractivity contribution in [1.29, 1.82) is 0 Å². The Hall–Kier alpha value is -1.95. The van der Waals surface area contributed by atoms with Crippen LogP contribution in [-0.2, 0) is 6.42 Å². The molecule has 1 heterocycles. The first-order chi connectivity index (χ1) is 14.0. The van der Waals surface area contributed by atoms with Crippen LogP contribution >= 0.6 is 31.9 Å². The van der Waals surface area contributed by atoms with Gasteiger partial charge in [-0.3, -0.25) is 10.3 Å². The summed E-state index contributed by atoms with van der Waals surface area (Å²) in [5.41, 5.74) is 5.46. The molecule has 0 bridgehead atoms. The molecule has 0 unspecified atom stereocenters. The molecule has 29 heavy (non-hydrogen) atoms. The predicted molar refractivity (Wildman–Crippen MR) is 126 cm³/mol. The molecule has 4 rings (SSSR count). The summed E-state index contributed by atoms with van der Waals surface area (Å²) in [5.74, 6) is 0.294. The number of aryl methyl sites for hydroxylation is 1. The third-order valence-electron chi connectivity index (χ3n) is 5.29. The second-order valence-electron chi connectivity index (χ2n) is 7.21. The summed E-state index contributed by atoms with van der Waals surface area (Å²) in [6, 6.07) is 22.4. The lowest BCUT2D eigenvalue weighted by Gasteiger charge is -2.31. The van der Waals surface area contributed by atoms with Crippen LogP contribution in [0.2, 0.25) is 0 Å². The SMILES string of the molecule is CCc1ccc(C2=N[C@H](c3ccc(Br)cc3)N[C@@H](c3cc(Br)ccc3O)C2)cc1. The average Bonchev–Trinajstić information content (AvgIpc) is 2.75. The van der Waals surface area contributed by atoms with E-state index in [0.29, 0.717) is 12.2 Å². The first kappa shape index (κ1) is 20.3. The van der Waals surface area contributed by atoms with E-state index in [1.807, 2.05) is 24.3 Å². The van der Waals surface area contributed by atoms with E-state index in [1.54, 1.807) is 6.07 Å². The number of rotatable bonds is 4. The van der Waals surface area contributed by atoms with Crippen molar-refractivity contribution in [3.63, 3.8) is 0 Å². The molecule has 0 spiro atoms. The second kappa shape index (κ2) is 8.82. The monoisotopic (exact) mass is 512 g/mol. The first-order valence-electron chi connectivity index (χ1n) is 9.69. The van der Waals surface area contributed by atoms with Crippen LogP contribution in [0.25, 0.3) is 0 Å². The normalized spacial score (nSPS) is 19.1. The summed E-state index contributed by atoms with van der Waals surface area (Å²) >= 11 is 7.04. The van der Waals surface area contributed by atoms with Gasteiger partial charge >= 0.3 is 0 Å². The highest BCUT2D eigenvalue weighted by molar-refractivity contribution is 9.10. The van der Waals surface area contributed by atoms with Crippen molar-refractivity contribution in [2.24, 2.45) is 4.99 Å². The van der Waals surface area contributed by atoms with Gasteiger partial charge in [0.15, 0.2) is 0 Å². The molecule has 3 nitrogen and oxygen atoms in total. The number of hydrogen-bond donors (Lipinski definition) is 2. The Kier molecular flexibility index (Phi) is 6.18. The zero-order chi connectivity index (χ0) is 20.4. The molecule has 0 radical (unpaired) electrons. The third-order valence-corrected chi connectivity index (χ3v) is 6.31. The quantitative estimate of drug-likeness (QED) is 0.407. The Bertz CT molecular complexity index is 1030. The third kappa shape index (κ3) is 4.63. The number of nitrogens with one attached hydrogen (secondary N) is 1. The predicted octanol–water partition coefficient (Wildman–Crippen LogP) is 6.70. The Morgan fingerprint density at radius 2 is 1.66 bits per heavy atom. The maximum Gasteiger partial charge on any atom is 0.126 e. The van der Waals surface area contributed by atoms with Crippen LogP contribution in [-0.4, -0.2) is 10.8 Å². The van der Waals surface area contributed by atoms with Gasteiger partial charge in [-0.1, -0.05) is 75.2 Å². The fourth-order valence-corrected chi connectivity index (χ4v) is 4.28. The zero-order valence-electron chi connectivity index (χ0n) is 16.1. The maximum absolute atomic E-state index is 10.5. The van der Waals surface area contributed by atoms with Gasteiger partial charge in [0, 0.05) is 32.7 Å². The van der Waals surface area contributed by atoms with E-state index in [9.17, 15) is 5.11 Å². The largest absolute Gasteiger partial charge is 0.508 e. The van der Waals surface area contributed by atoms with Crippen LogP contribution < -0.4 is 5.32 Å². The van der Waals surface area contributed by atoms with Crippen LogP contribution in [0.4, 0.5) is 0 Å². The average molecular weight is 514 g/mol. The molecule has 3 aromatic rings. The van der Waals surface area contributed by atoms with Gasteiger partial charge in [0.05, 0.1) is 0 Å². The smallest absolute Gasteiger partial charge is 0.126 e. The number of phenolic OH excluding ortho intramolecular Hbond substituents is 1. The molecule has 0 aliphatic carbocycles. The molecule has 2 atom stereocenters. The molecular weight excluding hydrogens is 492 g/mol. The second-order valence-corrected chi connectivity index (χ2v) is 9.04. The number of nitrogens with zero attached hydrogens (tertiary/aromatic N) is 1. The Labute approximate surface area is 188 Å². The highest BCUT2D eigenvalue weighted by atomic mass is 79.9. The molecular formula is C24H22Br2N2O. The van der Waals surface area contributed by atoms with E-state index < -0.39 is 0 Å². The van der Waals surface area contributed by atoms with Crippen molar-refractivity contribution in [2.75, 3.05) is 0 Å². The Balaban J connectivity index is 1.75. The number of phenols is 1. The molecule has 5 heteroatoms. The van der Waals surface area contributed by atoms with E-state index in [1.165, 1.54) is 5.56 Å². The molecule has 1 aliphatic heterocycles. The van der Waals surface area contributed by atoms with Gasteiger partial charge in [-0.25, -0.2) is 0 Å². The summed E-state index contributed by atoms with van der Waals surface area (Å²) < 4.78 is 1.99. The molecule has 0 saturated heterocycles. The minimum absolute atomic E-state index is 0.0421. The van der Waals surface area contributed by atoms with Crippen LogP contribution in [0, 0.1) is 0 Å². The Morgan fingerprint density at radius 3 is 2.34 bits per heavy atom. The van der Waals surface area contributed by atoms with Crippen molar-refractivity contribution >= 4 is 37.6 Å². The van der Waals surface area contributed by atoms with Crippen LogP contribution in [0.3, 0.4) is 0 Å². The van der Waals surface area contributed by atoms with Gasteiger partial charge in [0.2, 0.25) is 0 Å². The standard InChI is InChI=1S/C24H22Br2N2O/c1-2-15-3-5-16(6-4-15)21-14-22(20-13-19(26)11-12-23(20)29)28-24(27-21)17-7-9-18(25)10-8-17/h3-13,22,24,28-29H,2,14H2,1H3/t22-,24+/m1/s1. The first-order valence-corrected chi connectivity index (χ1v) is 11.3. The lowest BCUT2D eigenvalue weighted by molar-refractivity contribution is 0.412. The minimum Gasteiger partial charge on any atom is -0.508 e. The van der Waals surface area contributed by atoms with Gasteiger partial charge in [-0.15, -0.1) is 0 Å². The van der Waals surface area contributed by atoms with E-state index in [2.05, 4.69) is 80.5 Å². The van der Waals surface area contributed by atoms with Crippen molar-refractivity contribution in [3.05, 3.63) is 97.9 Å². The van der Waals surface area contributed by atoms with Gasteiger partial charge in [-0.2, -0.15) is 0 Å². The van der Waals surface area contributed by atoms with Crippen molar-refractivity contribution < 1.29 is 5.11 Å². The van der Waals surface area contributed by atoms with Crippen LogP contribution in [0.15, 0.2) is 80.7 Å². The van der Waals surface area contributed by atoms with Crippen molar-refractivity contribution in [2.45, 2.75) is 32.0 Å². The number of halogens is 2. The number of aromatic hydroxyl groups is 1. The van der Waals surface area contributed by atoms with Crippen molar-refractivity contribution in [1.82, 2.24) is 5.32 Å². The summed E-state index contributed by atoms with van der Waals surface area (Å²) in [4.78, 5) is 5.03. The summed E-state index contributed by atoms with van der Waals surface area (Å²) in [7, 11) is 0. The molecule has 0 amide bonds. The lowest BCUT2D eigenvalue weighted by atomic mass is 9.93. The summed E-state index contributed by atoms with van der Waals surface area (Å²) in [5, 5.41) is 14.1. The van der Waals surface area contributed by atoms with Gasteiger partial charge in [0.1, 0.15) is 11.9 Å². The topological polar surface area (TPSA) is 44.6 Å². The van der Waals surface area contributed by atoms with Crippen LogP contribution in [0.5, 0.6) is 5.75 Å². The molecule has 2 N–H and O–H groups in total. The van der Waals surface area contributed by atoms with Gasteiger partial charge < -0.3 is 5.11 Å². The maximum atomic E-state index is 10.5. The molecule has 0 saturated carbocycles.